The van der Waals surface area contributed by atoms with Gasteiger partial charge in [-0.15, -0.1) is 0 Å². The summed E-state index contributed by atoms with van der Waals surface area (Å²) in [7, 11) is 0. The largest absolute Gasteiger partial charge is 0.300 e. The van der Waals surface area contributed by atoms with Crippen molar-refractivity contribution in [1.82, 2.24) is 5.06 Å². The third-order valence-corrected chi connectivity index (χ3v) is 2.50. The second-order valence-corrected chi connectivity index (χ2v) is 3.31. The van der Waals surface area contributed by atoms with Crippen molar-refractivity contribution in [3.05, 3.63) is 0 Å². The lowest BCUT2D eigenvalue weighted by Gasteiger charge is -2.26. The number of hydrogen-bond donors (Lipinski definition) is 0. The van der Waals surface area contributed by atoms with Crippen LogP contribution in [0.25, 0.3) is 0 Å². The molecule has 0 aromatic carbocycles. The molecule has 3 nitrogen and oxygen atoms in total. The van der Waals surface area contributed by atoms with Crippen molar-refractivity contribution in [2.45, 2.75) is 37.8 Å². The fraction of sp³-hybridized carbons (Fsp3) is 0.875. The van der Waals surface area contributed by atoms with Crippen molar-refractivity contribution in [2.75, 3.05) is 6.54 Å². The van der Waals surface area contributed by atoms with Crippen LogP contribution in [-0.2, 0) is 9.63 Å². The summed E-state index contributed by atoms with van der Waals surface area (Å²) in [5.41, 5.74) is 0. The van der Waals surface area contributed by atoms with E-state index in [0.717, 1.165) is 19.3 Å². The van der Waals surface area contributed by atoms with Crippen molar-refractivity contribution < 1.29 is 9.63 Å². The highest BCUT2D eigenvalue weighted by molar-refractivity contribution is 5.56. The lowest BCUT2D eigenvalue weighted by atomic mass is 10.0. The molecule has 2 fully saturated rings. The maximum absolute atomic E-state index is 10.4. The summed E-state index contributed by atoms with van der Waals surface area (Å²) < 4.78 is 0. The van der Waals surface area contributed by atoms with E-state index in [9.17, 15) is 4.79 Å². The van der Waals surface area contributed by atoms with Gasteiger partial charge in [-0.3, -0.25) is 4.84 Å². The molecule has 2 atom stereocenters. The summed E-state index contributed by atoms with van der Waals surface area (Å²) in [6.45, 7) is 1.01. The van der Waals surface area contributed by atoms with Gasteiger partial charge in [0.15, 0.2) is 6.29 Å². The zero-order chi connectivity index (χ0) is 7.68. The normalized spacial score (nSPS) is 38.5. The lowest BCUT2D eigenvalue weighted by molar-refractivity contribution is -0.172. The van der Waals surface area contributed by atoms with Gasteiger partial charge in [0.1, 0.15) is 6.10 Å². The van der Waals surface area contributed by atoms with Crippen LogP contribution in [0.15, 0.2) is 0 Å². The molecule has 0 aliphatic carbocycles. The van der Waals surface area contributed by atoms with E-state index in [4.69, 9.17) is 4.84 Å². The van der Waals surface area contributed by atoms with Gasteiger partial charge in [-0.1, -0.05) is 6.42 Å². The average Bonchev–Trinajstić information content (AvgIpc) is 2.46. The Hall–Kier alpha value is -0.410. The van der Waals surface area contributed by atoms with E-state index in [1.54, 1.807) is 0 Å². The molecule has 3 heteroatoms. The first kappa shape index (κ1) is 7.25. The summed E-state index contributed by atoms with van der Waals surface area (Å²) >= 11 is 0. The second-order valence-electron chi connectivity index (χ2n) is 3.31. The molecule has 0 unspecified atom stereocenters. The SMILES string of the molecule is O=C[C@@H]1C[C@H]2CCCCN2O1. The number of fused-ring (bicyclic) bond motifs is 1. The van der Waals surface area contributed by atoms with Gasteiger partial charge in [-0.25, -0.2) is 0 Å². The highest BCUT2D eigenvalue weighted by Gasteiger charge is 2.34. The van der Waals surface area contributed by atoms with Gasteiger partial charge >= 0.3 is 0 Å². The number of carbonyl (C=O) groups is 1. The number of hydroxylamine groups is 2. The Bertz CT molecular complexity index is 146. The van der Waals surface area contributed by atoms with Gasteiger partial charge < -0.3 is 4.79 Å². The number of rotatable bonds is 1. The molecule has 0 spiro atoms. The Kier molecular flexibility index (Phi) is 1.92. The number of nitrogens with zero attached hydrogens (tertiary/aromatic N) is 1. The topological polar surface area (TPSA) is 29.5 Å². The van der Waals surface area contributed by atoms with Crippen LogP contribution in [0.5, 0.6) is 0 Å². The van der Waals surface area contributed by atoms with Gasteiger partial charge in [0.2, 0.25) is 0 Å². The van der Waals surface area contributed by atoms with Crippen LogP contribution in [0.4, 0.5) is 0 Å². The minimum atomic E-state index is -0.155. The summed E-state index contributed by atoms with van der Waals surface area (Å²) in [5, 5.41) is 1.99. The molecule has 0 aromatic rings. The highest BCUT2D eigenvalue weighted by atomic mass is 16.7. The van der Waals surface area contributed by atoms with Crippen LogP contribution in [0.3, 0.4) is 0 Å². The quantitative estimate of drug-likeness (QED) is 0.523. The number of aldehydes is 1. The zero-order valence-corrected chi connectivity index (χ0v) is 6.53. The fourth-order valence-corrected chi connectivity index (χ4v) is 1.91. The Morgan fingerprint density at radius 3 is 3.09 bits per heavy atom. The van der Waals surface area contributed by atoms with Crippen LogP contribution in [0.2, 0.25) is 0 Å². The molecule has 2 rings (SSSR count). The van der Waals surface area contributed by atoms with Crippen molar-refractivity contribution in [1.29, 1.82) is 0 Å². The Labute approximate surface area is 66.3 Å². The maximum Gasteiger partial charge on any atom is 0.150 e. The monoisotopic (exact) mass is 155 g/mol. The summed E-state index contributed by atoms with van der Waals surface area (Å²) in [6, 6.07) is 0.527. The second kappa shape index (κ2) is 2.91. The van der Waals surface area contributed by atoms with Gasteiger partial charge in [-0.2, -0.15) is 5.06 Å². The highest BCUT2D eigenvalue weighted by Crippen LogP contribution is 2.27. The van der Waals surface area contributed by atoms with E-state index in [-0.39, 0.29) is 6.10 Å². The number of carbonyl (C=O) groups excluding carboxylic acids is 1. The van der Waals surface area contributed by atoms with Crippen molar-refractivity contribution in [3.63, 3.8) is 0 Å². The van der Waals surface area contributed by atoms with Crippen LogP contribution >= 0.6 is 0 Å². The first-order valence-electron chi connectivity index (χ1n) is 4.29. The first-order valence-corrected chi connectivity index (χ1v) is 4.29. The molecule has 2 aliphatic rings. The Morgan fingerprint density at radius 1 is 1.45 bits per heavy atom. The van der Waals surface area contributed by atoms with Crippen molar-refractivity contribution in [2.24, 2.45) is 0 Å². The van der Waals surface area contributed by atoms with E-state index < -0.39 is 0 Å². The van der Waals surface area contributed by atoms with Crippen molar-refractivity contribution >= 4 is 6.29 Å². The summed E-state index contributed by atoms with van der Waals surface area (Å²) in [5.74, 6) is 0. The van der Waals surface area contributed by atoms with Crippen molar-refractivity contribution in [3.8, 4) is 0 Å². The summed E-state index contributed by atoms with van der Waals surface area (Å²) in [6.07, 6.45) is 5.36. The van der Waals surface area contributed by atoms with Gasteiger partial charge in [0.05, 0.1) is 0 Å². The molecular formula is C8H13NO2. The molecule has 2 saturated heterocycles. The molecule has 11 heavy (non-hydrogen) atoms. The zero-order valence-electron chi connectivity index (χ0n) is 6.53. The molecule has 62 valence electrons. The number of piperidine rings is 1. The standard InChI is InChI=1S/C8H13NO2/c10-6-8-5-7-3-1-2-4-9(7)11-8/h6-8H,1-5H2/t7-,8+/m1/s1. The molecule has 0 amide bonds. The minimum absolute atomic E-state index is 0.155. The Morgan fingerprint density at radius 2 is 2.36 bits per heavy atom. The average molecular weight is 155 g/mol. The first-order chi connectivity index (χ1) is 5.40. The van der Waals surface area contributed by atoms with E-state index in [0.29, 0.717) is 6.04 Å². The third kappa shape index (κ3) is 1.30. The Balaban J connectivity index is 1.97. The van der Waals surface area contributed by atoms with Gasteiger partial charge in [0, 0.05) is 19.0 Å². The van der Waals surface area contributed by atoms with Crippen LogP contribution < -0.4 is 0 Å². The van der Waals surface area contributed by atoms with Gasteiger partial charge in [0.25, 0.3) is 0 Å². The summed E-state index contributed by atoms with van der Waals surface area (Å²) in [4.78, 5) is 15.8. The molecule has 0 radical (unpaired) electrons. The smallest absolute Gasteiger partial charge is 0.150 e. The molecule has 2 aliphatic heterocycles. The van der Waals surface area contributed by atoms with E-state index in [2.05, 4.69) is 0 Å². The third-order valence-electron chi connectivity index (χ3n) is 2.50. The van der Waals surface area contributed by atoms with Crippen LogP contribution in [0.1, 0.15) is 25.7 Å². The maximum atomic E-state index is 10.4. The molecule has 0 saturated carbocycles. The van der Waals surface area contributed by atoms with E-state index >= 15 is 0 Å². The van der Waals surface area contributed by atoms with E-state index in [1.165, 1.54) is 19.3 Å². The number of hydrogen-bond acceptors (Lipinski definition) is 3. The molecule has 0 aromatic heterocycles. The predicted molar refractivity (Wildman–Crippen MR) is 39.9 cm³/mol. The van der Waals surface area contributed by atoms with Gasteiger partial charge in [-0.05, 0) is 12.8 Å². The lowest BCUT2D eigenvalue weighted by Crippen LogP contribution is -2.32. The predicted octanol–water partition coefficient (Wildman–Crippen LogP) is 0.744. The molecule has 2 heterocycles. The van der Waals surface area contributed by atoms with Crippen LogP contribution in [-0.4, -0.2) is 30.0 Å². The van der Waals surface area contributed by atoms with Crippen LogP contribution in [0, 0.1) is 0 Å². The minimum Gasteiger partial charge on any atom is -0.300 e. The van der Waals surface area contributed by atoms with E-state index in [1.807, 2.05) is 5.06 Å². The molecular weight excluding hydrogens is 142 g/mol. The fourth-order valence-electron chi connectivity index (χ4n) is 1.91. The molecule has 0 N–H and O–H groups in total. The molecule has 0 bridgehead atoms.